The third kappa shape index (κ3) is 1.06. The lowest BCUT2D eigenvalue weighted by molar-refractivity contribution is 0.451. The SMILES string of the molecule is Fc1ccc([Si])c(F)c1F. The summed E-state index contributed by atoms with van der Waals surface area (Å²) in [6, 6.07) is 1.95. The summed E-state index contributed by atoms with van der Waals surface area (Å²) >= 11 is 0. The van der Waals surface area contributed by atoms with Gasteiger partial charge in [-0.1, -0.05) is 6.07 Å². The molecule has 0 spiro atoms. The van der Waals surface area contributed by atoms with Gasteiger partial charge in [-0.05, 0) is 11.3 Å². The molecule has 0 aromatic heterocycles. The Morgan fingerprint density at radius 2 is 1.60 bits per heavy atom. The maximum absolute atomic E-state index is 12.3. The lowest BCUT2D eigenvalue weighted by atomic mass is 10.3. The summed E-state index contributed by atoms with van der Waals surface area (Å²) in [4.78, 5) is 0. The van der Waals surface area contributed by atoms with Crippen molar-refractivity contribution < 1.29 is 13.2 Å². The van der Waals surface area contributed by atoms with E-state index < -0.39 is 17.5 Å². The van der Waals surface area contributed by atoms with Crippen LogP contribution in [-0.2, 0) is 0 Å². The average Bonchev–Trinajstić information content (AvgIpc) is 1.93. The predicted octanol–water partition coefficient (Wildman–Crippen LogP) is 0.898. The minimum atomic E-state index is -1.45. The molecule has 0 aliphatic heterocycles. The number of benzene rings is 1. The minimum absolute atomic E-state index is 0.0844. The molecule has 51 valence electrons. The molecule has 0 saturated carbocycles. The molecule has 0 nitrogen and oxygen atoms in total. The van der Waals surface area contributed by atoms with Crippen molar-refractivity contribution in [3.8, 4) is 0 Å². The van der Waals surface area contributed by atoms with Crippen LogP contribution >= 0.6 is 0 Å². The molecule has 0 atom stereocenters. The molecule has 0 aliphatic rings. The van der Waals surface area contributed by atoms with Gasteiger partial charge in [0.1, 0.15) is 0 Å². The van der Waals surface area contributed by atoms with Crippen LogP contribution in [0.4, 0.5) is 13.2 Å². The van der Waals surface area contributed by atoms with Crippen molar-refractivity contribution in [1.29, 1.82) is 0 Å². The molecule has 0 aliphatic carbocycles. The molecule has 0 saturated heterocycles. The monoisotopic (exact) mass is 159 g/mol. The third-order valence-corrected chi connectivity index (χ3v) is 1.42. The van der Waals surface area contributed by atoms with Crippen LogP contribution in [0.3, 0.4) is 0 Å². The lowest BCUT2D eigenvalue weighted by Gasteiger charge is -1.96. The van der Waals surface area contributed by atoms with E-state index >= 15 is 0 Å². The Labute approximate surface area is 59.1 Å². The van der Waals surface area contributed by atoms with Crippen molar-refractivity contribution in [2.45, 2.75) is 0 Å². The maximum Gasteiger partial charge on any atom is 0.194 e. The fraction of sp³-hybridized carbons (Fsp3) is 0. The second-order valence-corrected chi connectivity index (χ2v) is 2.26. The molecular weight excluding hydrogens is 157 g/mol. The molecule has 1 aromatic carbocycles. The van der Waals surface area contributed by atoms with Crippen LogP contribution in [0.15, 0.2) is 12.1 Å². The zero-order valence-corrected chi connectivity index (χ0v) is 5.79. The van der Waals surface area contributed by atoms with Crippen LogP contribution in [-0.4, -0.2) is 10.2 Å². The molecule has 0 N–H and O–H groups in total. The Balaban J connectivity index is 3.34. The van der Waals surface area contributed by atoms with Crippen molar-refractivity contribution in [3.63, 3.8) is 0 Å². The zero-order valence-electron chi connectivity index (χ0n) is 4.79. The van der Waals surface area contributed by atoms with Gasteiger partial charge in [0.05, 0.1) is 10.2 Å². The van der Waals surface area contributed by atoms with Gasteiger partial charge < -0.3 is 0 Å². The van der Waals surface area contributed by atoms with Crippen LogP contribution in [0.5, 0.6) is 0 Å². The molecule has 10 heavy (non-hydrogen) atoms. The first kappa shape index (κ1) is 7.34. The van der Waals surface area contributed by atoms with Gasteiger partial charge in [-0.3, -0.25) is 0 Å². The quantitative estimate of drug-likeness (QED) is 0.389. The van der Waals surface area contributed by atoms with E-state index in [2.05, 4.69) is 10.2 Å². The second-order valence-electron chi connectivity index (χ2n) is 1.72. The van der Waals surface area contributed by atoms with E-state index in [1.165, 1.54) is 0 Å². The van der Waals surface area contributed by atoms with Crippen LogP contribution in [0.1, 0.15) is 0 Å². The Kier molecular flexibility index (Phi) is 1.80. The molecule has 1 rings (SSSR count). The number of halogens is 3. The van der Waals surface area contributed by atoms with Gasteiger partial charge in [0.25, 0.3) is 0 Å². The Hall–Kier alpha value is -0.773. The molecule has 0 amide bonds. The van der Waals surface area contributed by atoms with Gasteiger partial charge in [0.15, 0.2) is 17.5 Å². The van der Waals surface area contributed by atoms with Crippen molar-refractivity contribution in [1.82, 2.24) is 0 Å². The highest BCUT2D eigenvalue weighted by Gasteiger charge is 2.09. The van der Waals surface area contributed by atoms with Gasteiger partial charge >= 0.3 is 0 Å². The first-order valence-corrected chi connectivity index (χ1v) is 2.98. The Bertz CT molecular complexity index is 232. The molecule has 1 aromatic rings. The number of hydrogen-bond acceptors (Lipinski definition) is 0. The number of rotatable bonds is 0. The highest BCUT2D eigenvalue weighted by molar-refractivity contribution is 6.32. The fourth-order valence-electron chi connectivity index (χ4n) is 0.526. The topological polar surface area (TPSA) is 0 Å². The Morgan fingerprint density at radius 1 is 1.00 bits per heavy atom. The average molecular weight is 159 g/mol. The predicted molar refractivity (Wildman–Crippen MR) is 31.7 cm³/mol. The van der Waals surface area contributed by atoms with E-state index in [0.29, 0.717) is 0 Å². The van der Waals surface area contributed by atoms with E-state index in [0.717, 1.165) is 12.1 Å². The molecule has 4 heteroatoms. The smallest absolute Gasteiger partial charge is 0.194 e. The summed E-state index contributed by atoms with van der Waals surface area (Å²) in [5, 5.41) is -0.0844. The fourth-order valence-corrected chi connectivity index (χ4v) is 0.719. The largest absolute Gasteiger partial charge is 0.204 e. The summed E-state index contributed by atoms with van der Waals surface area (Å²) in [5.74, 6) is -3.83. The van der Waals surface area contributed by atoms with Crippen LogP contribution in [0, 0.1) is 17.5 Å². The molecule has 0 heterocycles. The van der Waals surface area contributed by atoms with Crippen molar-refractivity contribution in [3.05, 3.63) is 29.6 Å². The van der Waals surface area contributed by atoms with Crippen molar-refractivity contribution in [2.75, 3.05) is 0 Å². The minimum Gasteiger partial charge on any atom is -0.204 e. The van der Waals surface area contributed by atoms with Crippen LogP contribution < -0.4 is 5.19 Å². The third-order valence-electron chi connectivity index (χ3n) is 1.04. The Morgan fingerprint density at radius 3 is 2.10 bits per heavy atom. The molecule has 0 bridgehead atoms. The highest BCUT2D eigenvalue weighted by Crippen LogP contribution is 2.05. The lowest BCUT2D eigenvalue weighted by Crippen LogP contribution is -2.11. The van der Waals surface area contributed by atoms with Gasteiger partial charge in [0.2, 0.25) is 0 Å². The maximum atomic E-state index is 12.3. The van der Waals surface area contributed by atoms with Crippen LogP contribution in [0.2, 0.25) is 0 Å². The summed E-state index contributed by atoms with van der Waals surface area (Å²) in [6.45, 7) is 0. The highest BCUT2D eigenvalue weighted by atomic mass is 28.1. The van der Waals surface area contributed by atoms with E-state index in [4.69, 9.17) is 0 Å². The molecule has 0 unspecified atom stereocenters. The van der Waals surface area contributed by atoms with Gasteiger partial charge in [-0.15, -0.1) is 0 Å². The van der Waals surface area contributed by atoms with Gasteiger partial charge in [-0.25, -0.2) is 13.2 Å². The van der Waals surface area contributed by atoms with E-state index in [1.54, 1.807) is 0 Å². The summed E-state index contributed by atoms with van der Waals surface area (Å²) in [6.07, 6.45) is 0. The van der Waals surface area contributed by atoms with Gasteiger partial charge in [0, 0.05) is 0 Å². The normalized spacial score (nSPS) is 10.0. The second kappa shape index (κ2) is 2.46. The van der Waals surface area contributed by atoms with E-state index in [-0.39, 0.29) is 5.19 Å². The van der Waals surface area contributed by atoms with E-state index in [9.17, 15) is 13.2 Å². The first-order chi connectivity index (χ1) is 4.63. The first-order valence-electron chi connectivity index (χ1n) is 2.48. The zero-order chi connectivity index (χ0) is 7.72. The summed E-state index contributed by atoms with van der Waals surface area (Å²) in [5.41, 5.74) is 0. The molecule has 0 fully saturated rings. The summed E-state index contributed by atoms with van der Waals surface area (Å²) in [7, 11) is 2.75. The van der Waals surface area contributed by atoms with Crippen molar-refractivity contribution in [2.24, 2.45) is 0 Å². The standard InChI is InChI=1S/C6H2F3Si/c7-3-1-2-4(10)6(9)5(3)8/h1-2H. The van der Waals surface area contributed by atoms with Crippen LogP contribution in [0.25, 0.3) is 0 Å². The molecular formula is C6H2F3Si. The summed E-state index contributed by atoms with van der Waals surface area (Å²) < 4.78 is 36.7. The van der Waals surface area contributed by atoms with E-state index in [1.807, 2.05) is 0 Å². The van der Waals surface area contributed by atoms with Gasteiger partial charge in [-0.2, -0.15) is 0 Å². The molecule has 3 radical (unpaired) electrons. The van der Waals surface area contributed by atoms with Crippen molar-refractivity contribution >= 4 is 15.4 Å². The number of hydrogen-bond donors (Lipinski definition) is 0.